The van der Waals surface area contributed by atoms with Gasteiger partial charge in [-0.25, -0.2) is 0 Å². The summed E-state index contributed by atoms with van der Waals surface area (Å²) in [6, 6.07) is 14.1. The number of aryl methyl sites for hydroxylation is 2. The molecular formula is C15H14BrN5. The van der Waals surface area contributed by atoms with Crippen molar-refractivity contribution in [2.45, 2.75) is 13.8 Å². The van der Waals surface area contributed by atoms with Gasteiger partial charge in [0.2, 0.25) is 0 Å². The van der Waals surface area contributed by atoms with Crippen LogP contribution in [-0.2, 0) is 0 Å². The van der Waals surface area contributed by atoms with Crippen LogP contribution in [-0.4, -0.2) is 20.2 Å². The molecule has 106 valence electrons. The highest BCUT2D eigenvalue weighted by molar-refractivity contribution is 9.10. The van der Waals surface area contributed by atoms with Gasteiger partial charge in [-0.05, 0) is 70.0 Å². The Morgan fingerprint density at radius 3 is 2.43 bits per heavy atom. The van der Waals surface area contributed by atoms with E-state index in [4.69, 9.17) is 0 Å². The molecule has 3 aromatic rings. The van der Waals surface area contributed by atoms with Gasteiger partial charge in [-0.15, -0.1) is 0 Å². The molecule has 5 nitrogen and oxygen atoms in total. The Labute approximate surface area is 131 Å². The van der Waals surface area contributed by atoms with Gasteiger partial charge in [0.1, 0.15) is 0 Å². The van der Waals surface area contributed by atoms with Gasteiger partial charge in [0, 0.05) is 4.47 Å². The van der Waals surface area contributed by atoms with Crippen molar-refractivity contribution in [1.82, 2.24) is 20.2 Å². The normalized spacial score (nSPS) is 10.6. The lowest BCUT2D eigenvalue weighted by molar-refractivity contribution is 0.791. The summed E-state index contributed by atoms with van der Waals surface area (Å²) in [5.74, 6) is 0.573. The maximum atomic E-state index is 4.04. The molecule has 2 aromatic carbocycles. The van der Waals surface area contributed by atoms with Crippen molar-refractivity contribution >= 4 is 27.6 Å². The zero-order chi connectivity index (χ0) is 14.8. The van der Waals surface area contributed by atoms with Gasteiger partial charge in [-0.2, -0.15) is 4.68 Å². The molecule has 0 bridgehead atoms. The van der Waals surface area contributed by atoms with Crippen LogP contribution >= 0.6 is 15.9 Å². The molecule has 0 aliphatic rings. The number of benzene rings is 2. The molecule has 0 unspecified atom stereocenters. The summed E-state index contributed by atoms with van der Waals surface area (Å²) in [6.07, 6.45) is 0. The molecule has 0 saturated carbocycles. The Hall–Kier alpha value is -2.21. The molecule has 0 saturated heterocycles. The van der Waals surface area contributed by atoms with Crippen LogP contribution < -0.4 is 5.32 Å². The lowest BCUT2D eigenvalue weighted by atomic mass is 10.2. The van der Waals surface area contributed by atoms with Crippen LogP contribution in [0.1, 0.15) is 11.1 Å². The number of hydrogen-bond donors (Lipinski definition) is 1. The number of aromatic nitrogens is 4. The van der Waals surface area contributed by atoms with E-state index in [1.807, 2.05) is 56.3 Å². The molecule has 0 spiro atoms. The Balaban J connectivity index is 1.94. The summed E-state index contributed by atoms with van der Waals surface area (Å²) >= 11 is 3.54. The molecular weight excluding hydrogens is 330 g/mol. The monoisotopic (exact) mass is 343 g/mol. The first-order chi connectivity index (χ1) is 10.1. The van der Waals surface area contributed by atoms with Crippen LogP contribution in [0.25, 0.3) is 5.69 Å². The fourth-order valence-electron chi connectivity index (χ4n) is 1.97. The summed E-state index contributed by atoms with van der Waals surface area (Å²) in [5, 5.41) is 15.1. The van der Waals surface area contributed by atoms with E-state index in [-0.39, 0.29) is 0 Å². The van der Waals surface area contributed by atoms with Crippen molar-refractivity contribution in [2.24, 2.45) is 0 Å². The summed E-state index contributed by atoms with van der Waals surface area (Å²) in [7, 11) is 0. The molecule has 0 fully saturated rings. The highest BCUT2D eigenvalue weighted by Gasteiger charge is 2.10. The van der Waals surface area contributed by atoms with Crippen molar-refractivity contribution in [3.05, 3.63) is 58.1 Å². The molecule has 6 heteroatoms. The number of nitrogens with zero attached hydrogens (tertiary/aromatic N) is 4. The number of hydrogen-bond acceptors (Lipinski definition) is 4. The average molecular weight is 344 g/mol. The number of halogens is 1. The van der Waals surface area contributed by atoms with E-state index in [1.165, 1.54) is 11.1 Å². The van der Waals surface area contributed by atoms with E-state index in [9.17, 15) is 0 Å². The minimum Gasteiger partial charge on any atom is -0.322 e. The van der Waals surface area contributed by atoms with Crippen molar-refractivity contribution in [3.8, 4) is 5.69 Å². The van der Waals surface area contributed by atoms with Crippen LogP contribution in [0.5, 0.6) is 0 Å². The Morgan fingerprint density at radius 1 is 1.00 bits per heavy atom. The SMILES string of the molecule is Cc1ccc(-n2nnnc2Nc2ccc(C)cc2Br)cc1. The average Bonchev–Trinajstić information content (AvgIpc) is 2.91. The quantitative estimate of drug-likeness (QED) is 0.786. The zero-order valence-corrected chi connectivity index (χ0v) is 13.3. The van der Waals surface area contributed by atoms with Crippen molar-refractivity contribution in [3.63, 3.8) is 0 Å². The first-order valence-corrected chi connectivity index (χ1v) is 7.31. The lowest BCUT2D eigenvalue weighted by Gasteiger charge is -2.09. The van der Waals surface area contributed by atoms with Gasteiger partial charge in [-0.1, -0.05) is 28.9 Å². The van der Waals surface area contributed by atoms with Gasteiger partial charge in [0.05, 0.1) is 11.4 Å². The fraction of sp³-hybridized carbons (Fsp3) is 0.133. The maximum Gasteiger partial charge on any atom is 0.252 e. The maximum absolute atomic E-state index is 4.04. The summed E-state index contributed by atoms with van der Waals surface area (Å²) < 4.78 is 2.65. The van der Waals surface area contributed by atoms with Gasteiger partial charge in [-0.3, -0.25) is 0 Å². The second-order valence-corrected chi connectivity index (χ2v) is 5.71. The molecule has 1 aromatic heterocycles. The highest BCUT2D eigenvalue weighted by atomic mass is 79.9. The van der Waals surface area contributed by atoms with E-state index >= 15 is 0 Å². The molecule has 0 atom stereocenters. The second-order valence-electron chi connectivity index (χ2n) is 4.86. The van der Waals surface area contributed by atoms with Gasteiger partial charge >= 0.3 is 0 Å². The Morgan fingerprint density at radius 2 is 1.71 bits per heavy atom. The van der Waals surface area contributed by atoms with Crippen molar-refractivity contribution in [2.75, 3.05) is 5.32 Å². The molecule has 0 radical (unpaired) electrons. The number of anilines is 2. The number of tetrazole rings is 1. The predicted molar refractivity (Wildman–Crippen MR) is 86.1 cm³/mol. The molecule has 1 N–H and O–H groups in total. The van der Waals surface area contributed by atoms with E-state index in [2.05, 4.69) is 36.8 Å². The third-order valence-corrected chi connectivity index (χ3v) is 3.78. The van der Waals surface area contributed by atoms with Crippen LogP contribution in [0.2, 0.25) is 0 Å². The standard InChI is InChI=1S/C15H14BrN5/c1-10-3-6-12(7-4-10)21-15(18-19-20-21)17-14-8-5-11(2)9-13(14)16/h3-9H,1-2H3,(H,17,18,20). The van der Waals surface area contributed by atoms with Crippen molar-refractivity contribution < 1.29 is 0 Å². The van der Waals surface area contributed by atoms with Crippen molar-refractivity contribution in [1.29, 1.82) is 0 Å². The third-order valence-electron chi connectivity index (χ3n) is 3.12. The summed E-state index contributed by atoms with van der Waals surface area (Å²) in [4.78, 5) is 0. The minimum absolute atomic E-state index is 0.573. The molecule has 21 heavy (non-hydrogen) atoms. The summed E-state index contributed by atoms with van der Waals surface area (Å²) in [5.41, 5.74) is 4.22. The van der Waals surface area contributed by atoms with E-state index in [0.717, 1.165) is 15.8 Å². The van der Waals surface area contributed by atoms with Crippen LogP contribution in [0.3, 0.4) is 0 Å². The second kappa shape index (κ2) is 5.65. The predicted octanol–water partition coefficient (Wildman–Crippen LogP) is 3.79. The van der Waals surface area contributed by atoms with Crippen LogP contribution in [0, 0.1) is 13.8 Å². The largest absolute Gasteiger partial charge is 0.322 e. The van der Waals surface area contributed by atoms with Crippen LogP contribution in [0.4, 0.5) is 11.6 Å². The van der Waals surface area contributed by atoms with E-state index in [1.54, 1.807) is 4.68 Å². The van der Waals surface area contributed by atoms with E-state index < -0.39 is 0 Å². The first-order valence-electron chi connectivity index (χ1n) is 6.52. The van der Waals surface area contributed by atoms with Gasteiger partial charge in [0.25, 0.3) is 5.95 Å². The smallest absolute Gasteiger partial charge is 0.252 e. The number of nitrogens with one attached hydrogen (secondary N) is 1. The third kappa shape index (κ3) is 2.95. The van der Waals surface area contributed by atoms with E-state index in [0.29, 0.717) is 5.95 Å². The molecule has 3 rings (SSSR count). The van der Waals surface area contributed by atoms with Gasteiger partial charge in [0.15, 0.2) is 0 Å². The van der Waals surface area contributed by atoms with Crippen LogP contribution in [0.15, 0.2) is 46.9 Å². The molecule has 0 amide bonds. The minimum atomic E-state index is 0.573. The first kappa shape index (κ1) is 13.8. The Bertz CT molecular complexity index is 764. The summed E-state index contributed by atoms with van der Waals surface area (Å²) in [6.45, 7) is 4.09. The number of rotatable bonds is 3. The molecule has 0 aliphatic carbocycles. The molecule has 1 heterocycles. The highest BCUT2D eigenvalue weighted by Crippen LogP contribution is 2.26. The fourth-order valence-corrected chi connectivity index (χ4v) is 2.56. The molecule has 0 aliphatic heterocycles. The lowest BCUT2D eigenvalue weighted by Crippen LogP contribution is -2.03. The topological polar surface area (TPSA) is 55.6 Å². The van der Waals surface area contributed by atoms with Gasteiger partial charge < -0.3 is 5.32 Å². The zero-order valence-electron chi connectivity index (χ0n) is 11.7. The Kier molecular flexibility index (Phi) is 3.70.